The lowest BCUT2D eigenvalue weighted by atomic mass is 10.1. The Kier molecular flexibility index (Phi) is 3.34. The number of hydrogen-bond donors (Lipinski definition) is 3. The van der Waals surface area contributed by atoms with E-state index in [1.54, 1.807) is 36.4 Å². The fourth-order valence-electron chi connectivity index (χ4n) is 2.25. The summed E-state index contributed by atoms with van der Waals surface area (Å²) in [6.45, 7) is 1.84. The van der Waals surface area contributed by atoms with Gasteiger partial charge in [0.25, 0.3) is 5.91 Å². The molecule has 0 bridgehead atoms. The number of imidazole rings is 1. The number of anilines is 1. The first-order chi connectivity index (χ1) is 10.5. The highest BCUT2D eigenvalue weighted by atomic mass is 16.2. The Morgan fingerprint density at radius 1 is 1.14 bits per heavy atom. The van der Waals surface area contributed by atoms with Gasteiger partial charge >= 0.3 is 0 Å². The van der Waals surface area contributed by atoms with E-state index >= 15 is 0 Å². The number of nitrogens with zero attached hydrogens (tertiary/aromatic N) is 1. The predicted octanol–water partition coefficient (Wildman–Crippen LogP) is 2.22. The lowest BCUT2D eigenvalue weighted by molar-refractivity contribution is 0.0998. The summed E-state index contributed by atoms with van der Waals surface area (Å²) >= 11 is 0. The molecule has 110 valence electrons. The fraction of sp³-hybridized carbons (Fsp3) is 0.0625. The molecule has 6 heteroatoms. The molecule has 22 heavy (non-hydrogen) atoms. The van der Waals surface area contributed by atoms with Crippen LogP contribution in [0.3, 0.4) is 0 Å². The Hall–Kier alpha value is -3.15. The zero-order valence-electron chi connectivity index (χ0n) is 11.9. The molecule has 0 atom stereocenters. The molecule has 1 heterocycles. The van der Waals surface area contributed by atoms with Gasteiger partial charge in [0.15, 0.2) is 0 Å². The van der Waals surface area contributed by atoms with Crippen molar-refractivity contribution >= 4 is 28.5 Å². The number of nitrogens with one attached hydrogen (secondary N) is 2. The van der Waals surface area contributed by atoms with E-state index in [-0.39, 0.29) is 5.91 Å². The maximum atomic E-state index is 12.4. The predicted molar refractivity (Wildman–Crippen MR) is 83.7 cm³/mol. The van der Waals surface area contributed by atoms with Gasteiger partial charge < -0.3 is 16.0 Å². The summed E-state index contributed by atoms with van der Waals surface area (Å²) in [5, 5.41) is 2.78. The smallest absolute Gasteiger partial charge is 0.257 e. The lowest BCUT2D eigenvalue weighted by Gasteiger charge is -2.06. The monoisotopic (exact) mass is 294 g/mol. The van der Waals surface area contributed by atoms with Gasteiger partial charge in [-0.15, -0.1) is 0 Å². The van der Waals surface area contributed by atoms with E-state index in [0.717, 1.165) is 11.3 Å². The van der Waals surface area contributed by atoms with Crippen LogP contribution in [0, 0.1) is 6.92 Å². The summed E-state index contributed by atoms with van der Waals surface area (Å²) in [7, 11) is 0. The highest BCUT2D eigenvalue weighted by molar-refractivity contribution is 6.11. The molecule has 6 nitrogen and oxygen atoms in total. The number of para-hydroxylation sites is 1. The average Bonchev–Trinajstić information content (AvgIpc) is 2.87. The third-order valence-electron chi connectivity index (χ3n) is 3.30. The molecule has 1 aromatic heterocycles. The van der Waals surface area contributed by atoms with Crippen LogP contribution in [0.25, 0.3) is 11.0 Å². The van der Waals surface area contributed by atoms with Crippen molar-refractivity contribution in [1.29, 1.82) is 0 Å². The molecule has 4 N–H and O–H groups in total. The van der Waals surface area contributed by atoms with Gasteiger partial charge in [-0.3, -0.25) is 9.59 Å². The number of benzene rings is 2. The van der Waals surface area contributed by atoms with Crippen LogP contribution in [0.5, 0.6) is 0 Å². The molecule has 0 aliphatic heterocycles. The van der Waals surface area contributed by atoms with Gasteiger partial charge in [0.2, 0.25) is 5.91 Å². The van der Waals surface area contributed by atoms with Gasteiger partial charge in [-0.05, 0) is 43.3 Å². The minimum Gasteiger partial charge on any atom is -0.366 e. The molecule has 0 aliphatic carbocycles. The van der Waals surface area contributed by atoms with E-state index in [2.05, 4.69) is 15.3 Å². The molecular formula is C16H14N4O2. The normalized spacial score (nSPS) is 10.6. The van der Waals surface area contributed by atoms with Crippen molar-refractivity contribution in [3.8, 4) is 0 Å². The summed E-state index contributed by atoms with van der Waals surface area (Å²) in [5.74, 6) is -0.0142. The van der Waals surface area contributed by atoms with Crippen LogP contribution < -0.4 is 11.1 Å². The molecule has 0 aliphatic rings. The van der Waals surface area contributed by atoms with Gasteiger partial charge in [0.1, 0.15) is 11.3 Å². The van der Waals surface area contributed by atoms with E-state index in [0.29, 0.717) is 22.3 Å². The first-order valence-corrected chi connectivity index (χ1v) is 6.71. The zero-order valence-corrected chi connectivity index (χ0v) is 11.9. The van der Waals surface area contributed by atoms with E-state index in [1.165, 1.54) is 0 Å². The molecule has 0 fully saturated rings. The standard InChI is InChI=1S/C16H14N4O2/c1-9-18-13-4-2-3-12(14(13)19-9)16(22)20-11-7-5-10(6-8-11)15(17)21/h2-8H,1H3,(H2,17,21)(H,18,19)(H,20,22). The van der Waals surface area contributed by atoms with Crippen LogP contribution >= 0.6 is 0 Å². The fourth-order valence-corrected chi connectivity index (χ4v) is 2.25. The first kappa shape index (κ1) is 13.8. The quantitative estimate of drug-likeness (QED) is 0.690. The van der Waals surface area contributed by atoms with Crippen molar-refractivity contribution in [1.82, 2.24) is 9.97 Å². The Morgan fingerprint density at radius 3 is 2.55 bits per heavy atom. The van der Waals surface area contributed by atoms with Gasteiger partial charge in [0, 0.05) is 11.3 Å². The molecule has 0 saturated heterocycles. The van der Waals surface area contributed by atoms with Crippen LogP contribution in [0.2, 0.25) is 0 Å². The van der Waals surface area contributed by atoms with Gasteiger partial charge in [-0.2, -0.15) is 0 Å². The number of primary amides is 1. The molecule has 3 rings (SSSR count). The van der Waals surface area contributed by atoms with Crippen molar-refractivity contribution in [2.75, 3.05) is 5.32 Å². The minimum atomic E-state index is -0.505. The molecule has 0 saturated carbocycles. The largest absolute Gasteiger partial charge is 0.366 e. The van der Waals surface area contributed by atoms with E-state index in [1.807, 2.05) is 13.0 Å². The van der Waals surface area contributed by atoms with Crippen molar-refractivity contribution in [2.45, 2.75) is 6.92 Å². The van der Waals surface area contributed by atoms with Crippen LogP contribution in [-0.4, -0.2) is 21.8 Å². The Balaban J connectivity index is 1.88. The summed E-state index contributed by atoms with van der Waals surface area (Å²) in [5.41, 5.74) is 8.09. The Labute approximate surface area is 126 Å². The highest BCUT2D eigenvalue weighted by Gasteiger charge is 2.13. The highest BCUT2D eigenvalue weighted by Crippen LogP contribution is 2.18. The summed E-state index contributed by atoms with van der Waals surface area (Å²) in [6.07, 6.45) is 0. The number of aromatic nitrogens is 2. The summed E-state index contributed by atoms with van der Waals surface area (Å²) in [4.78, 5) is 30.9. The number of carbonyl (C=O) groups is 2. The van der Waals surface area contributed by atoms with Gasteiger partial charge in [-0.1, -0.05) is 6.07 Å². The number of amides is 2. The number of aryl methyl sites for hydroxylation is 1. The van der Waals surface area contributed by atoms with Gasteiger partial charge in [0.05, 0.1) is 11.1 Å². The third-order valence-corrected chi connectivity index (χ3v) is 3.30. The number of carbonyl (C=O) groups excluding carboxylic acids is 2. The van der Waals surface area contributed by atoms with Crippen LogP contribution in [0.1, 0.15) is 26.5 Å². The SMILES string of the molecule is Cc1nc2c(C(=O)Nc3ccc(C(N)=O)cc3)cccc2[nH]1. The van der Waals surface area contributed by atoms with Crippen LogP contribution in [-0.2, 0) is 0 Å². The second-order valence-electron chi connectivity index (χ2n) is 4.92. The van der Waals surface area contributed by atoms with Crippen LogP contribution in [0.15, 0.2) is 42.5 Å². The second kappa shape index (κ2) is 5.33. The third kappa shape index (κ3) is 2.54. The number of rotatable bonds is 3. The van der Waals surface area contributed by atoms with E-state index in [9.17, 15) is 9.59 Å². The summed E-state index contributed by atoms with van der Waals surface area (Å²) < 4.78 is 0. The number of H-pyrrole nitrogens is 1. The Bertz CT molecular complexity index is 865. The molecule has 2 amide bonds. The van der Waals surface area contributed by atoms with Crippen molar-refractivity contribution < 1.29 is 9.59 Å². The molecule has 0 spiro atoms. The van der Waals surface area contributed by atoms with E-state index in [4.69, 9.17) is 5.73 Å². The molecule has 2 aromatic carbocycles. The number of fused-ring (bicyclic) bond motifs is 1. The maximum Gasteiger partial charge on any atom is 0.257 e. The maximum absolute atomic E-state index is 12.4. The van der Waals surface area contributed by atoms with Crippen molar-refractivity contribution in [3.05, 3.63) is 59.4 Å². The average molecular weight is 294 g/mol. The van der Waals surface area contributed by atoms with Gasteiger partial charge in [-0.25, -0.2) is 4.98 Å². The molecule has 0 radical (unpaired) electrons. The topological polar surface area (TPSA) is 101 Å². The van der Waals surface area contributed by atoms with E-state index < -0.39 is 5.91 Å². The molecule has 3 aromatic rings. The van der Waals surface area contributed by atoms with Crippen molar-refractivity contribution in [3.63, 3.8) is 0 Å². The zero-order chi connectivity index (χ0) is 15.7. The molecule has 0 unspecified atom stereocenters. The first-order valence-electron chi connectivity index (χ1n) is 6.71. The van der Waals surface area contributed by atoms with Crippen molar-refractivity contribution in [2.24, 2.45) is 5.73 Å². The molecular weight excluding hydrogens is 280 g/mol. The lowest BCUT2D eigenvalue weighted by Crippen LogP contribution is -2.13. The number of nitrogens with two attached hydrogens (primary N) is 1. The summed E-state index contributed by atoms with van der Waals surface area (Å²) in [6, 6.07) is 11.8. The number of aromatic amines is 1. The second-order valence-corrected chi connectivity index (χ2v) is 4.92. The van der Waals surface area contributed by atoms with Crippen LogP contribution in [0.4, 0.5) is 5.69 Å². The number of hydrogen-bond acceptors (Lipinski definition) is 3. The minimum absolute atomic E-state index is 0.260. The Morgan fingerprint density at radius 2 is 1.86 bits per heavy atom.